The van der Waals surface area contributed by atoms with Gasteiger partial charge < -0.3 is 9.64 Å². The highest BCUT2D eigenvalue weighted by atomic mass is 19.1. The third-order valence-electron chi connectivity index (χ3n) is 3.43. The predicted octanol–water partition coefficient (Wildman–Crippen LogP) is 2.01. The van der Waals surface area contributed by atoms with Crippen molar-refractivity contribution in [2.45, 2.75) is 25.4 Å². The van der Waals surface area contributed by atoms with E-state index in [1.807, 2.05) is 0 Å². The van der Waals surface area contributed by atoms with Gasteiger partial charge in [-0.2, -0.15) is 0 Å². The second-order valence-corrected chi connectivity index (χ2v) is 4.58. The van der Waals surface area contributed by atoms with Crippen LogP contribution in [0, 0.1) is 5.82 Å². The molecule has 2 rings (SSSR count). The Morgan fingerprint density at radius 2 is 2.06 bits per heavy atom. The Morgan fingerprint density at radius 3 is 2.67 bits per heavy atom. The lowest BCUT2D eigenvalue weighted by Gasteiger charge is -2.31. The Balaban J connectivity index is 1.91. The Bertz CT molecular complexity index is 414. The van der Waals surface area contributed by atoms with Crippen LogP contribution in [0.15, 0.2) is 24.3 Å². The zero-order chi connectivity index (χ0) is 13.0. The molecule has 1 aromatic rings. The molecular formula is C14H18FNO2. The van der Waals surface area contributed by atoms with E-state index in [0.29, 0.717) is 18.7 Å². The molecule has 0 N–H and O–H groups in total. The molecule has 1 aliphatic rings. The number of piperidine rings is 1. The SMILES string of the molecule is COC1CCN(C(=O)Cc2ccccc2F)CC1. The number of carbonyl (C=O) groups is 1. The van der Waals surface area contributed by atoms with Gasteiger partial charge in [0.2, 0.25) is 5.91 Å². The molecule has 0 aromatic heterocycles. The number of hydrogen-bond donors (Lipinski definition) is 0. The van der Waals surface area contributed by atoms with Crippen molar-refractivity contribution in [3.05, 3.63) is 35.6 Å². The Labute approximate surface area is 107 Å². The first-order chi connectivity index (χ1) is 8.70. The summed E-state index contributed by atoms with van der Waals surface area (Å²) < 4.78 is 18.7. The largest absolute Gasteiger partial charge is 0.381 e. The maximum atomic E-state index is 13.4. The van der Waals surface area contributed by atoms with Crippen molar-refractivity contribution in [3.63, 3.8) is 0 Å². The number of likely N-dealkylation sites (tertiary alicyclic amines) is 1. The standard InChI is InChI=1S/C14H18FNO2/c1-18-12-6-8-16(9-7-12)14(17)10-11-4-2-3-5-13(11)15/h2-5,12H,6-10H2,1H3. The number of nitrogens with zero attached hydrogens (tertiary/aromatic N) is 1. The quantitative estimate of drug-likeness (QED) is 0.822. The third-order valence-corrected chi connectivity index (χ3v) is 3.43. The highest BCUT2D eigenvalue weighted by Gasteiger charge is 2.22. The van der Waals surface area contributed by atoms with Crippen molar-refractivity contribution in [2.75, 3.05) is 20.2 Å². The van der Waals surface area contributed by atoms with Gasteiger partial charge in [-0.3, -0.25) is 4.79 Å². The van der Waals surface area contributed by atoms with E-state index in [-0.39, 0.29) is 24.2 Å². The summed E-state index contributed by atoms with van der Waals surface area (Å²) >= 11 is 0. The van der Waals surface area contributed by atoms with E-state index in [9.17, 15) is 9.18 Å². The monoisotopic (exact) mass is 251 g/mol. The smallest absolute Gasteiger partial charge is 0.227 e. The van der Waals surface area contributed by atoms with Crippen LogP contribution in [-0.2, 0) is 16.0 Å². The molecule has 0 spiro atoms. The van der Waals surface area contributed by atoms with Crippen molar-refractivity contribution < 1.29 is 13.9 Å². The molecule has 1 aliphatic heterocycles. The number of ether oxygens (including phenoxy) is 1. The molecule has 1 saturated heterocycles. The van der Waals surface area contributed by atoms with E-state index in [0.717, 1.165) is 12.8 Å². The van der Waals surface area contributed by atoms with Crippen LogP contribution in [0.1, 0.15) is 18.4 Å². The first kappa shape index (κ1) is 13.0. The number of amides is 1. The Hall–Kier alpha value is -1.42. The molecule has 1 amide bonds. The van der Waals surface area contributed by atoms with Gasteiger partial charge in [0.1, 0.15) is 5.82 Å². The zero-order valence-corrected chi connectivity index (χ0v) is 10.6. The van der Waals surface area contributed by atoms with E-state index < -0.39 is 0 Å². The maximum Gasteiger partial charge on any atom is 0.227 e. The van der Waals surface area contributed by atoms with Crippen LogP contribution in [0.5, 0.6) is 0 Å². The van der Waals surface area contributed by atoms with Crippen molar-refractivity contribution in [1.82, 2.24) is 4.90 Å². The Morgan fingerprint density at radius 1 is 1.39 bits per heavy atom. The molecule has 1 aromatic carbocycles. The van der Waals surface area contributed by atoms with E-state index in [1.54, 1.807) is 30.2 Å². The number of methoxy groups -OCH3 is 1. The topological polar surface area (TPSA) is 29.5 Å². The molecular weight excluding hydrogens is 233 g/mol. The zero-order valence-electron chi connectivity index (χ0n) is 10.6. The van der Waals surface area contributed by atoms with Crippen LogP contribution in [0.2, 0.25) is 0 Å². The first-order valence-corrected chi connectivity index (χ1v) is 6.24. The fraction of sp³-hybridized carbons (Fsp3) is 0.500. The average Bonchev–Trinajstić information content (AvgIpc) is 2.41. The van der Waals surface area contributed by atoms with E-state index in [4.69, 9.17) is 4.74 Å². The van der Waals surface area contributed by atoms with Crippen LogP contribution >= 0.6 is 0 Å². The first-order valence-electron chi connectivity index (χ1n) is 6.24. The van der Waals surface area contributed by atoms with Gasteiger partial charge in [0, 0.05) is 20.2 Å². The van der Waals surface area contributed by atoms with Crippen LogP contribution in [0.4, 0.5) is 4.39 Å². The minimum absolute atomic E-state index is 0.00495. The summed E-state index contributed by atoms with van der Waals surface area (Å²) in [6, 6.07) is 6.44. The van der Waals surface area contributed by atoms with Gasteiger partial charge in [0.15, 0.2) is 0 Å². The molecule has 1 heterocycles. The fourth-order valence-electron chi connectivity index (χ4n) is 2.26. The van der Waals surface area contributed by atoms with Gasteiger partial charge in [0.25, 0.3) is 0 Å². The van der Waals surface area contributed by atoms with Gasteiger partial charge in [0.05, 0.1) is 12.5 Å². The Kier molecular flexibility index (Phi) is 4.31. The number of benzene rings is 1. The molecule has 1 fully saturated rings. The predicted molar refractivity (Wildman–Crippen MR) is 66.7 cm³/mol. The van der Waals surface area contributed by atoms with Crippen LogP contribution in [0.3, 0.4) is 0 Å². The van der Waals surface area contributed by atoms with Crippen LogP contribution in [-0.4, -0.2) is 37.1 Å². The van der Waals surface area contributed by atoms with E-state index >= 15 is 0 Å². The van der Waals surface area contributed by atoms with E-state index in [1.165, 1.54) is 6.07 Å². The van der Waals surface area contributed by atoms with Crippen molar-refractivity contribution in [3.8, 4) is 0 Å². The second kappa shape index (κ2) is 5.96. The number of halogens is 1. The number of carbonyl (C=O) groups excluding carboxylic acids is 1. The van der Waals surface area contributed by atoms with E-state index in [2.05, 4.69) is 0 Å². The number of rotatable bonds is 3. The van der Waals surface area contributed by atoms with Crippen LogP contribution in [0.25, 0.3) is 0 Å². The summed E-state index contributed by atoms with van der Waals surface area (Å²) in [5, 5.41) is 0. The van der Waals surface area contributed by atoms with Crippen molar-refractivity contribution >= 4 is 5.91 Å². The summed E-state index contributed by atoms with van der Waals surface area (Å²) in [6.45, 7) is 1.40. The van der Waals surface area contributed by atoms with Crippen LogP contribution < -0.4 is 0 Å². The normalized spacial score (nSPS) is 16.9. The summed E-state index contributed by atoms with van der Waals surface area (Å²) in [4.78, 5) is 13.8. The van der Waals surface area contributed by atoms with Gasteiger partial charge in [-0.1, -0.05) is 18.2 Å². The summed E-state index contributed by atoms with van der Waals surface area (Å²) in [6.07, 6.45) is 2.12. The van der Waals surface area contributed by atoms with Crippen molar-refractivity contribution in [2.24, 2.45) is 0 Å². The van der Waals surface area contributed by atoms with Gasteiger partial charge in [-0.15, -0.1) is 0 Å². The summed E-state index contributed by atoms with van der Waals surface area (Å²) in [5.74, 6) is -0.313. The lowest BCUT2D eigenvalue weighted by Crippen LogP contribution is -2.41. The molecule has 0 aliphatic carbocycles. The molecule has 0 saturated carbocycles. The average molecular weight is 251 g/mol. The van der Waals surface area contributed by atoms with Crippen molar-refractivity contribution in [1.29, 1.82) is 0 Å². The maximum absolute atomic E-state index is 13.4. The molecule has 3 nitrogen and oxygen atoms in total. The minimum Gasteiger partial charge on any atom is -0.381 e. The van der Waals surface area contributed by atoms with Gasteiger partial charge in [-0.25, -0.2) is 4.39 Å². The minimum atomic E-state index is -0.308. The molecule has 0 atom stereocenters. The number of hydrogen-bond acceptors (Lipinski definition) is 2. The highest BCUT2D eigenvalue weighted by molar-refractivity contribution is 5.78. The molecule has 0 bridgehead atoms. The molecule has 0 radical (unpaired) electrons. The molecule has 98 valence electrons. The lowest BCUT2D eigenvalue weighted by atomic mass is 10.1. The summed E-state index contributed by atoms with van der Waals surface area (Å²) in [5.41, 5.74) is 0.469. The fourth-order valence-corrected chi connectivity index (χ4v) is 2.26. The van der Waals surface area contributed by atoms with Gasteiger partial charge >= 0.3 is 0 Å². The highest BCUT2D eigenvalue weighted by Crippen LogP contribution is 2.15. The molecule has 4 heteroatoms. The molecule has 18 heavy (non-hydrogen) atoms. The van der Waals surface area contributed by atoms with Gasteiger partial charge in [-0.05, 0) is 24.5 Å². The third kappa shape index (κ3) is 3.07. The lowest BCUT2D eigenvalue weighted by molar-refractivity contribution is -0.132. The second-order valence-electron chi connectivity index (χ2n) is 4.58. The molecule has 0 unspecified atom stereocenters. The summed E-state index contributed by atoms with van der Waals surface area (Å²) in [7, 11) is 1.70.